The van der Waals surface area contributed by atoms with Gasteiger partial charge in [-0.2, -0.15) is 0 Å². The fourth-order valence-electron chi connectivity index (χ4n) is 2.07. The molecular weight excluding hydrogens is 292 g/mol. The summed E-state index contributed by atoms with van der Waals surface area (Å²) in [4.78, 5) is 10.3. The number of rotatable bonds is 4. The first-order valence-corrected chi connectivity index (χ1v) is 6.76. The topological polar surface area (TPSA) is 75.4 Å². The first-order valence-electron chi connectivity index (χ1n) is 6.38. The molecule has 0 saturated heterocycles. The number of non-ortho nitro benzene ring substituents is 1. The summed E-state index contributed by atoms with van der Waals surface area (Å²) in [6.45, 7) is 3.73. The van der Waals surface area contributed by atoms with Gasteiger partial charge in [-0.25, -0.2) is 0 Å². The quantitative estimate of drug-likeness (QED) is 0.647. The van der Waals surface area contributed by atoms with Crippen LogP contribution in [0.2, 0.25) is 5.02 Å². The van der Waals surface area contributed by atoms with Gasteiger partial charge in [-0.15, -0.1) is 0 Å². The second kappa shape index (κ2) is 6.01. The van der Waals surface area contributed by atoms with Gasteiger partial charge in [-0.3, -0.25) is 10.1 Å². The Hall–Kier alpha value is -2.27. The minimum atomic E-state index is -0.477. The number of anilines is 1. The van der Waals surface area contributed by atoms with Crippen molar-refractivity contribution in [2.45, 2.75) is 19.9 Å². The van der Waals surface area contributed by atoms with Crippen molar-refractivity contribution in [3.63, 3.8) is 0 Å². The van der Waals surface area contributed by atoms with Crippen LogP contribution in [-0.2, 0) is 0 Å². The van der Waals surface area contributed by atoms with Crippen LogP contribution >= 0.6 is 11.6 Å². The Kier molecular flexibility index (Phi) is 4.33. The van der Waals surface area contributed by atoms with E-state index in [0.29, 0.717) is 16.3 Å². The van der Waals surface area contributed by atoms with Crippen LogP contribution in [0.4, 0.5) is 11.4 Å². The summed E-state index contributed by atoms with van der Waals surface area (Å²) in [7, 11) is 0. The number of aromatic hydroxyl groups is 1. The summed E-state index contributed by atoms with van der Waals surface area (Å²) in [5, 5.41) is 24.3. The fraction of sp³-hybridized carbons (Fsp3) is 0.200. The standard InChI is InChI=1S/C15H15ClN2O3/c1-9-3-5-12(15(19)7-9)10(2)17-14-8-11(18(20)21)4-6-13(14)16/h3-8,10,17,19H,1-2H3. The van der Waals surface area contributed by atoms with Crippen molar-refractivity contribution in [2.24, 2.45) is 0 Å². The number of phenols is 1. The van der Waals surface area contributed by atoms with E-state index in [4.69, 9.17) is 11.6 Å². The van der Waals surface area contributed by atoms with Crippen LogP contribution < -0.4 is 5.32 Å². The fourth-order valence-corrected chi connectivity index (χ4v) is 2.24. The summed E-state index contributed by atoms with van der Waals surface area (Å²) in [6.07, 6.45) is 0. The summed E-state index contributed by atoms with van der Waals surface area (Å²) < 4.78 is 0. The Balaban J connectivity index is 2.28. The molecule has 0 radical (unpaired) electrons. The highest BCUT2D eigenvalue weighted by Gasteiger charge is 2.14. The van der Waals surface area contributed by atoms with Crippen LogP contribution in [0.5, 0.6) is 5.75 Å². The molecule has 0 saturated carbocycles. The van der Waals surface area contributed by atoms with E-state index in [9.17, 15) is 15.2 Å². The van der Waals surface area contributed by atoms with Crippen molar-refractivity contribution >= 4 is 23.0 Å². The zero-order chi connectivity index (χ0) is 15.6. The molecule has 0 fully saturated rings. The third-order valence-corrected chi connectivity index (χ3v) is 3.51. The molecule has 5 nitrogen and oxygen atoms in total. The van der Waals surface area contributed by atoms with E-state index in [1.54, 1.807) is 6.07 Å². The minimum Gasteiger partial charge on any atom is -0.508 e. The molecule has 110 valence electrons. The SMILES string of the molecule is Cc1ccc(C(C)Nc2cc([N+](=O)[O-])ccc2Cl)c(O)c1. The lowest BCUT2D eigenvalue weighted by Crippen LogP contribution is -2.07. The lowest BCUT2D eigenvalue weighted by atomic mass is 10.0. The van der Waals surface area contributed by atoms with Gasteiger partial charge in [-0.1, -0.05) is 23.7 Å². The van der Waals surface area contributed by atoms with E-state index >= 15 is 0 Å². The second-order valence-corrected chi connectivity index (χ2v) is 5.26. The van der Waals surface area contributed by atoms with Gasteiger partial charge < -0.3 is 10.4 Å². The number of phenolic OH excluding ortho intramolecular Hbond substituents is 1. The summed E-state index contributed by atoms with van der Waals surface area (Å²) in [5.41, 5.74) is 2.07. The predicted molar refractivity (Wildman–Crippen MR) is 83.0 cm³/mol. The second-order valence-electron chi connectivity index (χ2n) is 4.85. The maximum absolute atomic E-state index is 10.8. The molecule has 6 heteroatoms. The lowest BCUT2D eigenvalue weighted by molar-refractivity contribution is -0.384. The zero-order valence-corrected chi connectivity index (χ0v) is 12.4. The highest BCUT2D eigenvalue weighted by molar-refractivity contribution is 6.33. The largest absolute Gasteiger partial charge is 0.508 e. The number of nitrogens with zero attached hydrogens (tertiary/aromatic N) is 1. The molecular formula is C15H15ClN2O3. The third kappa shape index (κ3) is 3.44. The molecule has 1 unspecified atom stereocenters. The molecule has 21 heavy (non-hydrogen) atoms. The van der Waals surface area contributed by atoms with Crippen LogP contribution in [0.1, 0.15) is 24.1 Å². The first kappa shape index (κ1) is 15.1. The van der Waals surface area contributed by atoms with Gasteiger partial charge in [0, 0.05) is 17.7 Å². The Morgan fingerprint density at radius 3 is 2.62 bits per heavy atom. The predicted octanol–water partition coefficient (Wildman–Crippen LogP) is 4.44. The number of hydrogen-bond donors (Lipinski definition) is 2. The summed E-state index contributed by atoms with van der Waals surface area (Å²) in [6, 6.07) is 9.33. The third-order valence-electron chi connectivity index (χ3n) is 3.19. The van der Waals surface area contributed by atoms with Crippen molar-refractivity contribution in [3.8, 4) is 5.75 Å². The maximum Gasteiger partial charge on any atom is 0.271 e. The number of nitro groups is 1. The molecule has 1 atom stereocenters. The lowest BCUT2D eigenvalue weighted by Gasteiger charge is -2.18. The Bertz CT molecular complexity index is 689. The van der Waals surface area contributed by atoms with E-state index in [1.807, 2.05) is 26.0 Å². The number of aryl methyl sites for hydroxylation is 1. The summed E-state index contributed by atoms with van der Waals surface area (Å²) in [5.74, 6) is 0.177. The van der Waals surface area contributed by atoms with E-state index in [0.717, 1.165) is 5.56 Å². The van der Waals surface area contributed by atoms with Gasteiger partial charge in [0.1, 0.15) is 5.75 Å². The van der Waals surface area contributed by atoms with Gasteiger partial charge in [0.05, 0.1) is 21.7 Å². The normalized spacial score (nSPS) is 12.0. The van der Waals surface area contributed by atoms with Crippen LogP contribution in [0.3, 0.4) is 0 Å². The molecule has 2 aromatic rings. The van der Waals surface area contributed by atoms with Crippen LogP contribution in [0.15, 0.2) is 36.4 Å². The van der Waals surface area contributed by atoms with Crippen LogP contribution in [0.25, 0.3) is 0 Å². The van der Waals surface area contributed by atoms with Gasteiger partial charge in [0.2, 0.25) is 0 Å². The molecule has 0 aromatic heterocycles. The van der Waals surface area contributed by atoms with Gasteiger partial charge in [0.25, 0.3) is 5.69 Å². The minimum absolute atomic E-state index is 0.0396. The highest BCUT2D eigenvalue weighted by atomic mass is 35.5. The molecule has 0 aliphatic rings. The van der Waals surface area contributed by atoms with E-state index in [1.165, 1.54) is 18.2 Å². The smallest absolute Gasteiger partial charge is 0.271 e. The molecule has 0 bridgehead atoms. The van der Waals surface area contributed by atoms with E-state index < -0.39 is 4.92 Å². The number of benzene rings is 2. The van der Waals surface area contributed by atoms with E-state index in [2.05, 4.69) is 5.32 Å². The maximum atomic E-state index is 10.8. The molecule has 0 heterocycles. The van der Waals surface area contributed by atoms with Crippen molar-refractivity contribution in [2.75, 3.05) is 5.32 Å². The van der Waals surface area contributed by atoms with Crippen LogP contribution in [-0.4, -0.2) is 10.0 Å². The molecule has 0 spiro atoms. The molecule has 2 aromatic carbocycles. The average molecular weight is 307 g/mol. The monoisotopic (exact) mass is 306 g/mol. The molecule has 2 rings (SSSR count). The molecule has 0 aliphatic heterocycles. The Labute approximate surface area is 127 Å². The number of halogens is 1. The highest BCUT2D eigenvalue weighted by Crippen LogP contribution is 2.32. The van der Waals surface area contributed by atoms with Crippen molar-refractivity contribution in [1.82, 2.24) is 0 Å². The van der Waals surface area contributed by atoms with Gasteiger partial charge in [-0.05, 0) is 31.5 Å². The van der Waals surface area contributed by atoms with Crippen molar-refractivity contribution in [1.29, 1.82) is 0 Å². The Morgan fingerprint density at radius 2 is 2.00 bits per heavy atom. The summed E-state index contributed by atoms with van der Waals surface area (Å²) >= 11 is 6.05. The van der Waals surface area contributed by atoms with Crippen molar-refractivity contribution < 1.29 is 10.0 Å². The van der Waals surface area contributed by atoms with Crippen molar-refractivity contribution in [3.05, 3.63) is 62.7 Å². The zero-order valence-electron chi connectivity index (χ0n) is 11.6. The van der Waals surface area contributed by atoms with Gasteiger partial charge >= 0.3 is 0 Å². The van der Waals surface area contributed by atoms with Crippen LogP contribution in [0, 0.1) is 17.0 Å². The Morgan fingerprint density at radius 1 is 1.29 bits per heavy atom. The number of hydrogen-bond acceptors (Lipinski definition) is 4. The number of nitro benzene ring substituents is 1. The molecule has 0 aliphatic carbocycles. The number of nitrogens with one attached hydrogen (secondary N) is 1. The first-order chi connectivity index (χ1) is 9.88. The molecule has 2 N–H and O–H groups in total. The average Bonchev–Trinajstić information content (AvgIpc) is 2.40. The molecule has 0 amide bonds. The van der Waals surface area contributed by atoms with Gasteiger partial charge in [0.15, 0.2) is 0 Å². The van der Waals surface area contributed by atoms with E-state index in [-0.39, 0.29) is 17.5 Å².